The Morgan fingerprint density at radius 1 is 1.19 bits per heavy atom. The first kappa shape index (κ1) is 16.0. The molecule has 4 nitrogen and oxygen atoms in total. The number of hydrogen-bond acceptors (Lipinski definition) is 3. The molecule has 2 rings (SSSR count). The number of hydrogen-bond donors (Lipinski definition) is 2. The van der Waals surface area contributed by atoms with Gasteiger partial charge in [0.15, 0.2) is 0 Å². The minimum Gasteiger partial charge on any atom is -0.392 e. The molecule has 0 bridgehead atoms. The van der Waals surface area contributed by atoms with Crippen LogP contribution in [0.4, 0.5) is 5.69 Å². The van der Waals surface area contributed by atoms with Gasteiger partial charge in [-0.05, 0) is 64.7 Å². The van der Waals surface area contributed by atoms with Crippen LogP contribution >= 0.6 is 15.9 Å². The second-order valence-corrected chi connectivity index (χ2v) is 7.28. The van der Waals surface area contributed by atoms with Crippen molar-refractivity contribution in [1.82, 2.24) is 0 Å². The summed E-state index contributed by atoms with van der Waals surface area (Å²) in [6.07, 6.45) is 0. The molecule has 2 aromatic carbocycles. The second kappa shape index (κ2) is 6.17. The van der Waals surface area contributed by atoms with Crippen molar-refractivity contribution in [3.8, 4) is 0 Å². The smallest absolute Gasteiger partial charge is 0.263 e. The van der Waals surface area contributed by atoms with E-state index in [9.17, 15) is 8.42 Å². The van der Waals surface area contributed by atoms with Crippen LogP contribution in [0.25, 0.3) is 0 Å². The Balaban J connectivity index is 2.46. The zero-order valence-electron chi connectivity index (χ0n) is 11.7. The lowest BCUT2D eigenvalue weighted by Gasteiger charge is -2.13. The molecule has 0 radical (unpaired) electrons. The zero-order chi connectivity index (χ0) is 15.6. The Morgan fingerprint density at radius 2 is 1.90 bits per heavy atom. The Morgan fingerprint density at radius 3 is 2.57 bits per heavy atom. The fourth-order valence-corrected chi connectivity index (χ4v) is 4.05. The van der Waals surface area contributed by atoms with Crippen molar-refractivity contribution in [1.29, 1.82) is 0 Å². The number of anilines is 1. The summed E-state index contributed by atoms with van der Waals surface area (Å²) in [7, 11) is -3.72. The molecule has 0 fully saturated rings. The average molecular weight is 370 g/mol. The maximum absolute atomic E-state index is 12.5. The lowest BCUT2D eigenvalue weighted by molar-refractivity contribution is 0.281. The third-order valence-electron chi connectivity index (χ3n) is 3.32. The molecule has 0 aliphatic rings. The van der Waals surface area contributed by atoms with Gasteiger partial charge in [0.25, 0.3) is 10.0 Å². The number of sulfonamides is 1. The van der Waals surface area contributed by atoms with Crippen molar-refractivity contribution in [2.45, 2.75) is 25.3 Å². The van der Waals surface area contributed by atoms with Gasteiger partial charge in [-0.15, -0.1) is 0 Å². The molecule has 6 heteroatoms. The molecular weight excluding hydrogens is 354 g/mol. The number of aliphatic hydroxyl groups is 1. The second-order valence-electron chi connectivity index (χ2n) is 4.78. The van der Waals surface area contributed by atoms with E-state index in [1.165, 1.54) is 6.07 Å². The Hall–Kier alpha value is -1.37. The summed E-state index contributed by atoms with van der Waals surface area (Å²) in [6, 6.07) is 10.2. The average Bonchev–Trinajstić information content (AvgIpc) is 2.44. The third kappa shape index (κ3) is 3.45. The molecule has 0 amide bonds. The van der Waals surface area contributed by atoms with E-state index in [2.05, 4.69) is 20.7 Å². The molecule has 0 aliphatic heterocycles. The topological polar surface area (TPSA) is 66.4 Å². The van der Waals surface area contributed by atoms with E-state index in [1.807, 2.05) is 19.9 Å². The molecule has 112 valence electrons. The lowest BCUT2D eigenvalue weighted by atomic mass is 10.1. The van der Waals surface area contributed by atoms with Gasteiger partial charge in [-0.3, -0.25) is 4.72 Å². The minimum absolute atomic E-state index is 0.106. The van der Waals surface area contributed by atoms with Crippen LogP contribution in [0.1, 0.15) is 16.7 Å². The van der Waals surface area contributed by atoms with Crippen molar-refractivity contribution in [2.24, 2.45) is 0 Å². The first-order chi connectivity index (χ1) is 9.85. The fourth-order valence-electron chi connectivity index (χ4n) is 1.91. The van der Waals surface area contributed by atoms with Crippen LogP contribution in [-0.2, 0) is 16.6 Å². The highest BCUT2D eigenvalue weighted by Crippen LogP contribution is 2.27. The number of halogens is 1. The molecule has 0 atom stereocenters. The van der Waals surface area contributed by atoms with Gasteiger partial charge in [0, 0.05) is 4.47 Å². The summed E-state index contributed by atoms with van der Waals surface area (Å²) in [6.45, 7) is 3.58. The highest BCUT2D eigenvalue weighted by atomic mass is 79.9. The number of nitrogens with one attached hydrogen (secondary N) is 1. The van der Waals surface area contributed by atoms with E-state index in [0.29, 0.717) is 15.7 Å². The van der Waals surface area contributed by atoms with Gasteiger partial charge in [0.05, 0.1) is 12.3 Å². The molecule has 0 saturated carbocycles. The summed E-state index contributed by atoms with van der Waals surface area (Å²) < 4.78 is 28.1. The summed E-state index contributed by atoms with van der Waals surface area (Å²) in [5.41, 5.74) is 2.99. The Kier molecular flexibility index (Phi) is 4.70. The molecule has 0 saturated heterocycles. The fraction of sp³-hybridized carbons (Fsp3) is 0.200. The van der Waals surface area contributed by atoms with Crippen molar-refractivity contribution in [2.75, 3.05) is 4.72 Å². The van der Waals surface area contributed by atoms with E-state index in [-0.39, 0.29) is 11.5 Å². The summed E-state index contributed by atoms with van der Waals surface area (Å²) in [4.78, 5) is 0.106. The highest BCUT2D eigenvalue weighted by molar-refractivity contribution is 9.10. The molecule has 0 aliphatic carbocycles. The van der Waals surface area contributed by atoms with Crippen molar-refractivity contribution >= 4 is 31.6 Å². The minimum atomic E-state index is -3.72. The predicted octanol–water partition coefficient (Wildman–Crippen LogP) is 3.36. The van der Waals surface area contributed by atoms with Gasteiger partial charge in [-0.2, -0.15) is 0 Å². The summed E-state index contributed by atoms with van der Waals surface area (Å²) >= 11 is 3.24. The van der Waals surface area contributed by atoms with Gasteiger partial charge in [0.2, 0.25) is 0 Å². The largest absolute Gasteiger partial charge is 0.392 e. The van der Waals surface area contributed by atoms with Gasteiger partial charge in [-0.25, -0.2) is 8.42 Å². The third-order valence-corrected chi connectivity index (χ3v) is 5.68. The monoisotopic (exact) mass is 369 g/mol. The van der Waals surface area contributed by atoms with Gasteiger partial charge < -0.3 is 5.11 Å². The number of rotatable bonds is 4. The summed E-state index contributed by atoms with van der Waals surface area (Å²) in [5.74, 6) is 0. The van der Waals surface area contributed by atoms with Crippen molar-refractivity contribution in [3.05, 3.63) is 57.6 Å². The van der Waals surface area contributed by atoms with E-state index < -0.39 is 10.0 Å². The quantitative estimate of drug-likeness (QED) is 0.867. The maximum atomic E-state index is 12.5. The lowest BCUT2D eigenvalue weighted by Crippen LogP contribution is -2.15. The molecular formula is C15H16BrNO3S. The van der Waals surface area contributed by atoms with E-state index in [4.69, 9.17) is 5.11 Å². The van der Waals surface area contributed by atoms with Crippen molar-refractivity contribution < 1.29 is 13.5 Å². The summed E-state index contributed by atoms with van der Waals surface area (Å²) in [5, 5.41) is 9.16. The molecule has 21 heavy (non-hydrogen) atoms. The van der Waals surface area contributed by atoms with E-state index in [0.717, 1.165) is 11.1 Å². The molecule has 0 unspecified atom stereocenters. The Labute approximate surface area is 133 Å². The molecule has 2 aromatic rings. The number of aliphatic hydroxyl groups excluding tert-OH is 1. The zero-order valence-corrected chi connectivity index (χ0v) is 14.1. The van der Waals surface area contributed by atoms with Gasteiger partial charge in [-0.1, -0.05) is 18.2 Å². The van der Waals surface area contributed by atoms with Crippen LogP contribution in [0.2, 0.25) is 0 Å². The highest BCUT2D eigenvalue weighted by Gasteiger charge is 2.19. The van der Waals surface area contributed by atoms with Gasteiger partial charge in [0.1, 0.15) is 4.90 Å². The SMILES string of the molecule is Cc1cccc(NS(=O)(=O)c2cc(CO)ccc2Br)c1C. The van der Waals surface area contributed by atoms with Crippen LogP contribution in [0, 0.1) is 13.8 Å². The maximum Gasteiger partial charge on any atom is 0.263 e. The first-order valence-corrected chi connectivity index (χ1v) is 8.61. The first-order valence-electron chi connectivity index (χ1n) is 6.33. The van der Waals surface area contributed by atoms with E-state index >= 15 is 0 Å². The predicted molar refractivity (Wildman–Crippen MR) is 86.8 cm³/mol. The van der Waals surface area contributed by atoms with Gasteiger partial charge >= 0.3 is 0 Å². The van der Waals surface area contributed by atoms with Crippen molar-refractivity contribution in [3.63, 3.8) is 0 Å². The molecule has 0 heterocycles. The molecule has 2 N–H and O–H groups in total. The number of benzene rings is 2. The Bertz CT molecular complexity index is 772. The van der Waals surface area contributed by atoms with E-state index in [1.54, 1.807) is 24.3 Å². The van der Waals surface area contributed by atoms with Crippen LogP contribution in [0.5, 0.6) is 0 Å². The van der Waals surface area contributed by atoms with Crippen LogP contribution in [-0.4, -0.2) is 13.5 Å². The normalized spacial score (nSPS) is 11.4. The van der Waals surface area contributed by atoms with Crippen LogP contribution < -0.4 is 4.72 Å². The van der Waals surface area contributed by atoms with Crippen LogP contribution in [0.3, 0.4) is 0 Å². The van der Waals surface area contributed by atoms with Crippen LogP contribution in [0.15, 0.2) is 45.8 Å². The molecule has 0 spiro atoms. The standard InChI is InChI=1S/C15H16BrNO3S/c1-10-4-3-5-14(11(10)2)17-21(19,20)15-8-12(9-18)6-7-13(15)16/h3-8,17-18H,9H2,1-2H3. The molecule has 0 aromatic heterocycles. The number of aryl methyl sites for hydroxylation is 1.